The summed E-state index contributed by atoms with van der Waals surface area (Å²) in [5, 5.41) is 0. The van der Waals surface area contributed by atoms with Crippen molar-refractivity contribution in [1.82, 2.24) is 4.90 Å². The van der Waals surface area contributed by atoms with Gasteiger partial charge in [0.15, 0.2) is 0 Å². The summed E-state index contributed by atoms with van der Waals surface area (Å²) < 4.78 is 0. The molecule has 3 nitrogen and oxygen atoms in total. The van der Waals surface area contributed by atoms with E-state index in [0.717, 1.165) is 24.5 Å². The molecule has 0 aromatic heterocycles. The van der Waals surface area contributed by atoms with Gasteiger partial charge in [-0.05, 0) is 70.8 Å². The molecule has 138 valence electrons. The van der Waals surface area contributed by atoms with Crippen LogP contribution in [0.15, 0.2) is 34.3 Å². The van der Waals surface area contributed by atoms with E-state index in [2.05, 4.69) is 87.7 Å². The molecular formula is C23H31N3. The van der Waals surface area contributed by atoms with Crippen LogP contribution < -0.4 is 0 Å². The van der Waals surface area contributed by atoms with Gasteiger partial charge in [-0.25, -0.2) is 0 Å². The van der Waals surface area contributed by atoms with Crippen LogP contribution in [0.25, 0.3) is 0 Å². The fraction of sp³-hybridized carbons (Fsp3) is 0.391. The molecule has 2 aromatic rings. The average molecular weight is 350 g/mol. The van der Waals surface area contributed by atoms with Crippen molar-refractivity contribution in [3.05, 3.63) is 57.6 Å². The number of aryl methyl sites for hydroxylation is 6. The Kier molecular flexibility index (Phi) is 6.87. The molecule has 0 fully saturated rings. The quantitative estimate of drug-likeness (QED) is 0.626. The summed E-state index contributed by atoms with van der Waals surface area (Å²) in [6, 6.07) is 8.73. The summed E-state index contributed by atoms with van der Waals surface area (Å²) in [7, 11) is 2.09. The SMILES string of the molecule is Cc1cc(C)c(N=CCN(C)CC=Nc2c(C)cc(C)cc2C)c(C)c1. The zero-order valence-corrected chi connectivity index (χ0v) is 17.2. The predicted octanol–water partition coefficient (Wildman–Crippen LogP) is 5.57. The number of hydrogen-bond donors (Lipinski definition) is 0. The highest BCUT2D eigenvalue weighted by molar-refractivity contribution is 5.71. The van der Waals surface area contributed by atoms with Gasteiger partial charge in [-0.15, -0.1) is 0 Å². The maximum absolute atomic E-state index is 4.68. The molecule has 0 N–H and O–H groups in total. The van der Waals surface area contributed by atoms with Crippen LogP contribution in [0.2, 0.25) is 0 Å². The molecule has 0 aliphatic heterocycles. The summed E-state index contributed by atoms with van der Waals surface area (Å²) in [5.41, 5.74) is 9.67. The van der Waals surface area contributed by atoms with E-state index in [-0.39, 0.29) is 0 Å². The molecule has 0 amide bonds. The molecule has 0 saturated heterocycles. The number of hydrogen-bond acceptors (Lipinski definition) is 3. The fourth-order valence-electron chi connectivity index (χ4n) is 3.37. The van der Waals surface area contributed by atoms with E-state index in [0.29, 0.717) is 0 Å². The van der Waals surface area contributed by atoms with Crippen LogP contribution in [0.5, 0.6) is 0 Å². The van der Waals surface area contributed by atoms with E-state index >= 15 is 0 Å². The molecule has 3 heteroatoms. The van der Waals surface area contributed by atoms with Crippen LogP contribution in [0.1, 0.15) is 33.4 Å². The highest BCUT2D eigenvalue weighted by Crippen LogP contribution is 2.25. The Hall–Kier alpha value is -2.26. The van der Waals surface area contributed by atoms with Gasteiger partial charge in [-0.1, -0.05) is 35.4 Å². The highest BCUT2D eigenvalue weighted by Gasteiger charge is 2.03. The van der Waals surface area contributed by atoms with E-state index in [1.807, 2.05) is 12.4 Å². The first kappa shape index (κ1) is 20.1. The number of nitrogens with zero attached hydrogens (tertiary/aromatic N) is 3. The van der Waals surface area contributed by atoms with Gasteiger partial charge in [0, 0.05) is 25.5 Å². The van der Waals surface area contributed by atoms with Crippen LogP contribution in [-0.2, 0) is 0 Å². The minimum absolute atomic E-state index is 0.796. The monoisotopic (exact) mass is 349 g/mol. The van der Waals surface area contributed by atoms with E-state index in [9.17, 15) is 0 Å². The molecule has 0 spiro atoms. The summed E-state index contributed by atoms with van der Waals surface area (Å²) in [6.07, 6.45) is 3.97. The minimum Gasteiger partial charge on any atom is -0.296 e. The van der Waals surface area contributed by atoms with Gasteiger partial charge >= 0.3 is 0 Å². The third kappa shape index (κ3) is 5.37. The maximum atomic E-state index is 4.68. The molecule has 0 atom stereocenters. The first-order valence-corrected chi connectivity index (χ1v) is 9.17. The Morgan fingerprint density at radius 3 is 1.27 bits per heavy atom. The van der Waals surface area contributed by atoms with Gasteiger partial charge in [0.2, 0.25) is 0 Å². The maximum Gasteiger partial charge on any atom is 0.0684 e. The number of rotatable bonds is 6. The first-order chi connectivity index (χ1) is 12.3. The van der Waals surface area contributed by atoms with Crippen molar-refractivity contribution in [3.8, 4) is 0 Å². The second-order valence-corrected chi connectivity index (χ2v) is 7.34. The Labute approximate surface area is 158 Å². The molecule has 0 unspecified atom stereocenters. The lowest BCUT2D eigenvalue weighted by atomic mass is 10.1. The van der Waals surface area contributed by atoms with Crippen LogP contribution in [0, 0.1) is 41.5 Å². The van der Waals surface area contributed by atoms with Crippen LogP contribution in [0.3, 0.4) is 0 Å². The van der Waals surface area contributed by atoms with Gasteiger partial charge in [-0.3, -0.25) is 14.9 Å². The van der Waals surface area contributed by atoms with Crippen molar-refractivity contribution in [1.29, 1.82) is 0 Å². The minimum atomic E-state index is 0.796. The standard InChI is InChI=1S/C23H31N3/c1-16-12-18(3)22(19(4)13-16)24-8-10-26(7)11-9-25-23-20(5)14-17(2)15-21(23)6/h8-9,12-15H,10-11H2,1-7H3. The lowest BCUT2D eigenvalue weighted by molar-refractivity contribution is 0.443. The van der Waals surface area contributed by atoms with E-state index < -0.39 is 0 Å². The van der Waals surface area contributed by atoms with Crippen molar-refractivity contribution >= 4 is 23.8 Å². The second-order valence-electron chi connectivity index (χ2n) is 7.34. The Morgan fingerprint density at radius 1 is 0.654 bits per heavy atom. The molecule has 0 heterocycles. The van der Waals surface area contributed by atoms with Crippen molar-refractivity contribution < 1.29 is 0 Å². The molecule has 0 bridgehead atoms. The lowest BCUT2D eigenvalue weighted by Crippen LogP contribution is -2.22. The molecule has 0 saturated carbocycles. The van der Waals surface area contributed by atoms with Crippen molar-refractivity contribution in [2.45, 2.75) is 41.5 Å². The highest BCUT2D eigenvalue weighted by atomic mass is 15.1. The normalized spacial score (nSPS) is 12.0. The predicted molar refractivity (Wildman–Crippen MR) is 115 cm³/mol. The third-order valence-electron chi connectivity index (χ3n) is 4.50. The Morgan fingerprint density at radius 2 is 0.962 bits per heavy atom. The molecule has 0 aliphatic rings. The smallest absolute Gasteiger partial charge is 0.0684 e. The van der Waals surface area contributed by atoms with Gasteiger partial charge < -0.3 is 0 Å². The largest absolute Gasteiger partial charge is 0.296 e. The average Bonchev–Trinajstić information content (AvgIpc) is 2.52. The van der Waals surface area contributed by atoms with Gasteiger partial charge in [0.05, 0.1) is 11.4 Å². The lowest BCUT2D eigenvalue weighted by Gasteiger charge is -2.12. The van der Waals surface area contributed by atoms with Gasteiger partial charge in [0.25, 0.3) is 0 Å². The summed E-state index contributed by atoms with van der Waals surface area (Å²) in [5.74, 6) is 0. The molecule has 2 aromatic carbocycles. The van der Waals surface area contributed by atoms with Gasteiger partial charge in [0.1, 0.15) is 0 Å². The van der Waals surface area contributed by atoms with Crippen molar-refractivity contribution in [2.24, 2.45) is 9.98 Å². The molecule has 2 rings (SSSR count). The summed E-state index contributed by atoms with van der Waals surface area (Å²) in [6.45, 7) is 14.3. The van der Waals surface area contributed by atoms with Crippen LogP contribution >= 0.6 is 0 Å². The summed E-state index contributed by atoms with van der Waals surface area (Å²) in [4.78, 5) is 11.6. The fourth-order valence-corrected chi connectivity index (χ4v) is 3.37. The van der Waals surface area contributed by atoms with Crippen LogP contribution in [0.4, 0.5) is 11.4 Å². The third-order valence-corrected chi connectivity index (χ3v) is 4.50. The van der Waals surface area contributed by atoms with Crippen LogP contribution in [-0.4, -0.2) is 37.5 Å². The zero-order valence-electron chi connectivity index (χ0n) is 17.2. The number of benzene rings is 2. The van der Waals surface area contributed by atoms with E-state index in [4.69, 9.17) is 0 Å². The summed E-state index contributed by atoms with van der Waals surface area (Å²) >= 11 is 0. The second kappa shape index (κ2) is 8.91. The molecule has 0 radical (unpaired) electrons. The van der Waals surface area contributed by atoms with Gasteiger partial charge in [-0.2, -0.15) is 0 Å². The number of aliphatic imine (C=N–C) groups is 2. The molecular weight excluding hydrogens is 318 g/mol. The topological polar surface area (TPSA) is 28.0 Å². The van der Waals surface area contributed by atoms with Crippen molar-refractivity contribution in [2.75, 3.05) is 20.1 Å². The zero-order chi connectivity index (χ0) is 19.3. The molecule has 0 aliphatic carbocycles. The Balaban J connectivity index is 1.95. The first-order valence-electron chi connectivity index (χ1n) is 9.17. The van der Waals surface area contributed by atoms with Crippen molar-refractivity contribution in [3.63, 3.8) is 0 Å². The Bertz CT molecular complexity index is 716. The van der Waals surface area contributed by atoms with E-state index in [1.165, 1.54) is 33.4 Å². The van der Waals surface area contributed by atoms with E-state index in [1.54, 1.807) is 0 Å². The molecule has 26 heavy (non-hydrogen) atoms.